The molecule has 0 bridgehead atoms. The summed E-state index contributed by atoms with van der Waals surface area (Å²) < 4.78 is 0. The van der Waals surface area contributed by atoms with Gasteiger partial charge in [-0.25, -0.2) is 0 Å². The van der Waals surface area contributed by atoms with Crippen molar-refractivity contribution in [2.45, 2.75) is 32.1 Å². The maximum absolute atomic E-state index is 2.44. The molecule has 0 aromatic heterocycles. The standard InChI is InChI=1S/C66H51N/c1-45-42-55(57-25-23-47-11-4-6-14-54(47)44-57)31-36-61(45)52-28-34-59(35-29-52)67(60-38-40-66(2,41-39-60)65-17-9-16-63-62-15-8-7-12-51(62)30-37-64(63)65)58-32-26-49(27-33-58)48-18-20-50(21-19-48)56-24-22-46-10-3-5-13-53(46)43-56/h3-40,43-45H,41-42H2,1-2H3. The molecule has 67 heavy (non-hydrogen) atoms. The van der Waals surface area contributed by atoms with E-state index in [1.165, 1.54) is 98.9 Å². The van der Waals surface area contributed by atoms with Crippen molar-refractivity contribution in [3.63, 3.8) is 0 Å². The largest absolute Gasteiger partial charge is 0.311 e. The summed E-state index contributed by atoms with van der Waals surface area (Å²) in [5, 5.41) is 10.3. The summed E-state index contributed by atoms with van der Waals surface area (Å²) in [6.45, 7) is 4.75. The number of rotatable bonds is 8. The molecular weight excluding hydrogens is 807 g/mol. The van der Waals surface area contributed by atoms with Crippen molar-refractivity contribution in [3.8, 4) is 22.3 Å². The number of hydrogen-bond donors (Lipinski definition) is 0. The van der Waals surface area contributed by atoms with Crippen LogP contribution in [-0.4, -0.2) is 0 Å². The molecule has 10 aromatic carbocycles. The van der Waals surface area contributed by atoms with Gasteiger partial charge in [-0.1, -0.05) is 214 Å². The molecule has 0 N–H and O–H groups in total. The lowest BCUT2D eigenvalue weighted by Gasteiger charge is -2.34. The average Bonchev–Trinajstić information content (AvgIpc) is 3.39. The quantitative estimate of drug-likeness (QED) is 0.138. The molecule has 1 nitrogen and oxygen atoms in total. The van der Waals surface area contributed by atoms with E-state index in [0.717, 1.165) is 24.2 Å². The van der Waals surface area contributed by atoms with Gasteiger partial charge in [0.05, 0.1) is 0 Å². The summed E-state index contributed by atoms with van der Waals surface area (Å²) in [6.07, 6.45) is 13.8. The van der Waals surface area contributed by atoms with Gasteiger partial charge in [0.1, 0.15) is 0 Å². The van der Waals surface area contributed by atoms with Gasteiger partial charge in [-0.05, 0) is 154 Å². The highest BCUT2D eigenvalue weighted by molar-refractivity contribution is 6.08. The predicted molar refractivity (Wildman–Crippen MR) is 288 cm³/mol. The second-order valence-corrected chi connectivity index (χ2v) is 18.8. The molecule has 320 valence electrons. The first-order valence-electron chi connectivity index (χ1n) is 23.7. The minimum absolute atomic E-state index is 0.160. The second-order valence-electron chi connectivity index (χ2n) is 18.8. The first-order chi connectivity index (χ1) is 32.9. The van der Waals surface area contributed by atoms with Crippen molar-refractivity contribution in [3.05, 3.63) is 265 Å². The zero-order valence-electron chi connectivity index (χ0n) is 38.0. The molecule has 0 fully saturated rings. The fourth-order valence-electron chi connectivity index (χ4n) is 10.7. The monoisotopic (exact) mass is 857 g/mol. The first kappa shape index (κ1) is 40.5. The molecule has 12 rings (SSSR count). The normalized spacial score (nSPS) is 17.1. The minimum Gasteiger partial charge on any atom is -0.311 e. The topological polar surface area (TPSA) is 3.24 Å². The molecular formula is C66H51N. The van der Waals surface area contributed by atoms with Crippen molar-refractivity contribution in [2.24, 2.45) is 5.92 Å². The van der Waals surface area contributed by atoms with E-state index >= 15 is 0 Å². The molecule has 2 aliphatic carbocycles. The summed E-state index contributed by atoms with van der Waals surface area (Å²) in [5.41, 5.74) is 14.9. The first-order valence-corrected chi connectivity index (χ1v) is 23.7. The van der Waals surface area contributed by atoms with Gasteiger partial charge in [-0.15, -0.1) is 0 Å². The van der Waals surface area contributed by atoms with Crippen LogP contribution in [0.1, 0.15) is 43.4 Å². The third-order valence-electron chi connectivity index (χ3n) is 14.5. The van der Waals surface area contributed by atoms with Gasteiger partial charge in [-0.3, -0.25) is 0 Å². The molecule has 0 heterocycles. The highest BCUT2D eigenvalue weighted by Gasteiger charge is 2.29. The Hall–Kier alpha value is -8.00. The molecule has 2 atom stereocenters. The highest BCUT2D eigenvalue weighted by Crippen LogP contribution is 2.43. The number of anilines is 2. The van der Waals surface area contributed by atoms with Gasteiger partial charge in [-0.2, -0.15) is 0 Å². The van der Waals surface area contributed by atoms with E-state index in [0.29, 0.717) is 5.92 Å². The maximum Gasteiger partial charge on any atom is 0.0461 e. The van der Waals surface area contributed by atoms with Crippen LogP contribution < -0.4 is 4.90 Å². The van der Waals surface area contributed by atoms with Gasteiger partial charge < -0.3 is 4.90 Å². The van der Waals surface area contributed by atoms with Crippen LogP contribution in [0.2, 0.25) is 0 Å². The van der Waals surface area contributed by atoms with Crippen molar-refractivity contribution in [1.29, 1.82) is 0 Å². The Labute approximate surface area is 394 Å². The Morgan fingerprint density at radius 2 is 0.955 bits per heavy atom. The van der Waals surface area contributed by atoms with Crippen molar-refractivity contribution < 1.29 is 0 Å². The molecule has 0 radical (unpaired) electrons. The fraction of sp³-hybridized carbons (Fsp3) is 0.0909. The molecule has 0 saturated heterocycles. The van der Waals surface area contributed by atoms with Crippen LogP contribution in [-0.2, 0) is 5.41 Å². The van der Waals surface area contributed by atoms with Crippen LogP contribution >= 0.6 is 0 Å². The Kier molecular flexibility index (Phi) is 10.1. The van der Waals surface area contributed by atoms with E-state index in [1.807, 2.05) is 0 Å². The summed E-state index contributed by atoms with van der Waals surface area (Å²) in [4.78, 5) is 2.43. The van der Waals surface area contributed by atoms with Crippen molar-refractivity contribution in [1.82, 2.24) is 0 Å². The van der Waals surface area contributed by atoms with Gasteiger partial charge >= 0.3 is 0 Å². The lowest BCUT2D eigenvalue weighted by Crippen LogP contribution is -2.24. The molecule has 0 spiro atoms. The smallest absolute Gasteiger partial charge is 0.0461 e. The van der Waals surface area contributed by atoms with Crippen molar-refractivity contribution in [2.75, 3.05) is 4.90 Å². The lowest BCUT2D eigenvalue weighted by molar-refractivity contribution is 0.601. The number of nitrogens with zero attached hydrogens (tertiary/aromatic N) is 1. The molecule has 10 aromatic rings. The SMILES string of the molecule is CC1CC(c2ccc3ccccc3c2)=CC=C1c1ccc(N(C2=CCC(C)(c3cccc4c3ccc3ccccc34)C=C2)c2ccc(-c3ccc(-c4ccc5ccccc5c4)cc3)cc2)cc1. The van der Waals surface area contributed by atoms with Gasteiger partial charge in [0.2, 0.25) is 0 Å². The maximum atomic E-state index is 2.44. The molecule has 0 saturated carbocycles. The molecule has 2 unspecified atom stereocenters. The van der Waals surface area contributed by atoms with Gasteiger partial charge in [0.15, 0.2) is 0 Å². The van der Waals surface area contributed by atoms with Gasteiger partial charge in [0.25, 0.3) is 0 Å². The zero-order chi connectivity index (χ0) is 44.9. The minimum atomic E-state index is -0.160. The van der Waals surface area contributed by atoms with Crippen LogP contribution in [0.5, 0.6) is 0 Å². The second kappa shape index (κ2) is 16.8. The average molecular weight is 858 g/mol. The highest BCUT2D eigenvalue weighted by atomic mass is 15.1. The van der Waals surface area contributed by atoms with Crippen LogP contribution in [0, 0.1) is 5.92 Å². The third-order valence-corrected chi connectivity index (χ3v) is 14.5. The Bertz CT molecular complexity index is 3640. The summed E-state index contributed by atoms with van der Waals surface area (Å²) >= 11 is 0. The van der Waals surface area contributed by atoms with E-state index in [4.69, 9.17) is 0 Å². The van der Waals surface area contributed by atoms with E-state index in [1.54, 1.807) is 0 Å². The zero-order valence-corrected chi connectivity index (χ0v) is 38.0. The molecule has 0 aliphatic heterocycles. The van der Waals surface area contributed by atoms with Gasteiger partial charge in [0, 0.05) is 22.5 Å². The summed E-state index contributed by atoms with van der Waals surface area (Å²) in [5.74, 6) is 0.399. The van der Waals surface area contributed by atoms with Crippen LogP contribution in [0.15, 0.2) is 248 Å². The number of allylic oxidation sites excluding steroid dienone is 7. The van der Waals surface area contributed by atoms with E-state index in [-0.39, 0.29) is 5.41 Å². The number of hydrogen-bond acceptors (Lipinski definition) is 1. The molecule has 1 heteroatoms. The van der Waals surface area contributed by atoms with Crippen molar-refractivity contribution >= 4 is 65.6 Å². The predicted octanol–water partition coefficient (Wildman–Crippen LogP) is 18.1. The number of benzene rings is 10. The van der Waals surface area contributed by atoms with Crippen LogP contribution in [0.3, 0.4) is 0 Å². The Morgan fingerprint density at radius 3 is 1.60 bits per heavy atom. The van der Waals surface area contributed by atoms with E-state index in [9.17, 15) is 0 Å². The third kappa shape index (κ3) is 7.57. The van der Waals surface area contributed by atoms with Crippen LogP contribution in [0.4, 0.5) is 11.4 Å². The number of fused-ring (bicyclic) bond motifs is 5. The van der Waals surface area contributed by atoms with E-state index < -0.39 is 0 Å². The Balaban J connectivity index is 0.864. The molecule has 0 amide bonds. The summed E-state index contributed by atoms with van der Waals surface area (Å²) in [6, 6.07) is 78.3. The fourth-order valence-corrected chi connectivity index (χ4v) is 10.7. The van der Waals surface area contributed by atoms with Crippen LogP contribution in [0.25, 0.3) is 76.5 Å². The Morgan fingerprint density at radius 1 is 0.433 bits per heavy atom. The lowest BCUT2D eigenvalue weighted by atomic mass is 9.74. The summed E-state index contributed by atoms with van der Waals surface area (Å²) in [7, 11) is 0. The molecule has 2 aliphatic rings. The van der Waals surface area contributed by atoms with E-state index in [2.05, 4.69) is 261 Å².